The summed E-state index contributed by atoms with van der Waals surface area (Å²) < 4.78 is 38.1. The molecule has 186 valence electrons. The van der Waals surface area contributed by atoms with Crippen LogP contribution < -0.4 is 27.2 Å². The zero-order chi connectivity index (χ0) is 24.8. The standard InChI is InChI=1S/C20H31F3N6O4/c1-3-5-8-29-16(24)15(18(32)26-19(29)33)28(4-2)14(30)11-27-9-6-13(7-10-27)17(31)25-12-20(21,22)23/h13H,3-12,24H2,1-2H3,(H,25,31)(H,26,32,33). The highest BCUT2D eigenvalue weighted by Crippen LogP contribution is 2.21. The number of aromatic amines is 1. The van der Waals surface area contributed by atoms with Crippen LogP contribution in [0.25, 0.3) is 0 Å². The summed E-state index contributed by atoms with van der Waals surface area (Å²) in [5, 5.41) is 1.90. The number of unbranched alkanes of at least 4 members (excludes halogenated alkanes) is 1. The number of aromatic nitrogens is 2. The number of nitrogens with one attached hydrogen (secondary N) is 2. The highest BCUT2D eigenvalue weighted by molar-refractivity contribution is 5.96. The quantitative estimate of drug-likeness (QED) is 0.480. The number of hydrogen-bond acceptors (Lipinski definition) is 6. The topological polar surface area (TPSA) is 134 Å². The van der Waals surface area contributed by atoms with Gasteiger partial charge in [0.15, 0.2) is 5.69 Å². The first-order valence-corrected chi connectivity index (χ1v) is 11.0. The largest absolute Gasteiger partial charge is 0.405 e. The van der Waals surface area contributed by atoms with Crippen molar-refractivity contribution in [3.63, 3.8) is 0 Å². The number of likely N-dealkylation sites (tertiary alicyclic amines) is 1. The summed E-state index contributed by atoms with van der Waals surface area (Å²) in [6.45, 7) is 3.33. The fourth-order valence-electron chi connectivity index (χ4n) is 3.80. The number of amides is 2. The molecule has 1 aromatic rings. The van der Waals surface area contributed by atoms with Gasteiger partial charge in [-0.1, -0.05) is 13.3 Å². The van der Waals surface area contributed by atoms with E-state index in [1.54, 1.807) is 11.8 Å². The Morgan fingerprint density at radius 1 is 1.21 bits per heavy atom. The van der Waals surface area contributed by atoms with Crippen LogP contribution in [-0.4, -0.2) is 65.2 Å². The van der Waals surface area contributed by atoms with Crippen molar-refractivity contribution in [2.45, 2.75) is 52.3 Å². The van der Waals surface area contributed by atoms with E-state index in [1.807, 2.05) is 12.2 Å². The molecule has 13 heteroatoms. The summed E-state index contributed by atoms with van der Waals surface area (Å²) in [6, 6.07) is 0. The van der Waals surface area contributed by atoms with Gasteiger partial charge in [0, 0.05) is 19.0 Å². The third-order valence-corrected chi connectivity index (χ3v) is 5.62. The molecule has 1 saturated heterocycles. The van der Waals surface area contributed by atoms with Crippen LogP contribution in [0.5, 0.6) is 0 Å². The second kappa shape index (κ2) is 11.3. The van der Waals surface area contributed by atoms with E-state index in [-0.39, 0.29) is 24.6 Å². The van der Waals surface area contributed by atoms with Gasteiger partial charge in [0.2, 0.25) is 11.8 Å². The maximum atomic E-state index is 13.0. The fraction of sp³-hybridized carbons (Fsp3) is 0.700. The van der Waals surface area contributed by atoms with Gasteiger partial charge in [-0.3, -0.25) is 28.8 Å². The normalized spacial score (nSPS) is 15.4. The second-order valence-corrected chi connectivity index (χ2v) is 8.02. The Kier molecular flexibility index (Phi) is 9.08. The molecule has 0 bridgehead atoms. The van der Waals surface area contributed by atoms with Crippen LogP contribution in [0.3, 0.4) is 0 Å². The van der Waals surface area contributed by atoms with E-state index in [2.05, 4.69) is 4.98 Å². The molecule has 0 saturated carbocycles. The molecule has 0 unspecified atom stereocenters. The van der Waals surface area contributed by atoms with Gasteiger partial charge in [0.05, 0.1) is 6.54 Å². The number of likely N-dealkylation sites (N-methyl/N-ethyl adjacent to an activating group) is 1. The van der Waals surface area contributed by atoms with E-state index in [0.29, 0.717) is 38.9 Å². The Labute approximate surface area is 188 Å². The van der Waals surface area contributed by atoms with E-state index in [9.17, 15) is 32.3 Å². The molecule has 0 atom stereocenters. The number of alkyl halides is 3. The molecule has 2 amide bonds. The number of anilines is 2. The zero-order valence-electron chi connectivity index (χ0n) is 18.8. The Balaban J connectivity index is 2.05. The Hall–Kier alpha value is -2.83. The molecule has 1 aliphatic heterocycles. The van der Waals surface area contributed by atoms with Gasteiger partial charge in [-0.25, -0.2) is 4.79 Å². The molecular weight excluding hydrogens is 445 g/mol. The summed E-state index contributed by atoms with van der Waals surface area (Å²) in [7, 11) is 0. The maximum absolute atomic E-state index is 13.0. The van der Waals surface area contributed by atoms with Crippen LogP contribution in [0, 0.1) is 5.92 Å². The van der Waals surface area contributed by atoms with Crippen LogP contribution in [0.2, 0.25) is 0 Å². The lowest BCUT2D eigenvalue weighted by Gasteiger charge is -2.32. The SMILES string of the molecule is CCCCn1c(N)c(N(CC)C(=O)CN2CCC(C(=O)NCC(F)(F)F)CC2)c(=O)[nH]c1=O. The summed E-state index contributed by atoms with van der Waals surface area (Å²) in [5.74, 6) is -1.69. The van der Waals surface area contributed by atoms with Crippen LogP contribution in [0.15, 0.2) is 9.59 Å². The minimum absolute atomic E-state index is 0.0578. The summed E-state index contributed by atoms with van der Waals surface area (Å²) in [4.78, 5) is 54.7. The van der Waals surface area contributed by atoms with Crippen LogP contribution >= 0.6 is 0 Å². The number of halogens is 3. The number of carbonyl (C=O) groups excluding carboxylic acids is 2. The number of hydrogen-bond donors (Lipinski definition) is 3. The molecule has 2 heterocycles. The lowest BCUT2D eigenvalue weighted by atomic mass is 9.96. The highest BCUT2D eigenvalue weighted by atomic mass is 19.4. The monoisotopic (exact) mass is 476 g/mol. The van der Waals surface area contributed by atoms with Crippen molar-refractivity contribution in [1.29, 1.82) is 0 Å². The van der Waals surface area contributed by atoms with Crippen molar-refractivity contribution in [1.82, 2.24) is 19.8 Å². The number of carbonyl (C=O) groups is 2. The summed E-state index contributed by atoms with van der Waals surface area (Å²) >= 11 is 0. The molecule has 0 radical (unpaired) electrons. The maximum Gasteiger partial charge on any atom is 0.405 e. The van der Waals surface area contributed by atoms with E-state index >= 15 is 0 Å². The molecule has 1 fully saturated rings. The molecule has 2 rings (SSSR count). The van der Waals surface area contributed by atoms with Gasteiger partial charge in [0.25, 0.3) is 5.56 Å². The van der Waals surface area contributed by atoms with Crippen molar-refractivity contribution in [2.75, 3.05) is 43.4 Å². The lowest BCUT2D eigenvalue weighted by Crippen LogP contribution is -2.48. The van der Waals surface area contributed by atoms with Gasteiger partial charge in [-0.2, -0.15) is 13.2 Å². The van der Waals surface area contributed by atoms with Crippen LogP contribution in [-0.2, 0) is 16.1 Å². The number of rotatable bonds is 9. The van der Waals surface area contributed by atoms with E-state index in [0.717, 1.165) is 6.42 Å². The molecule has 1 aliphatic rings. The van der Waals surface area contributed by atoms with Crippen molar-refractivity contribution < 1.29 is 22.8 Å². The van der Waals surface area contributed by atoms with Gasteiger partial charge in [0.1, 0.15) is 12.4 Å². The zero-order valence-corrected chi connectivity index (χ0v) is 18.8. The third-order valence-electron chi connectivity index (χ3n) is 5.62. The molecule has 0 aromatic carbocycles. The van der Waals surface area contributed by atoms with Crippen molar-refractivity contribution in [3.05, 3.63) is 20.8 Å². The lowest BCUT2D eigenvalue weighted by molar-refractivity contribution is -0.141. The first kappa shape index (κ1) is 26.4. The molecule has 33 heavy (non-hydrogen) atoms. The Morgan fingerprint density at radius 3 is 2.39 bits per heavy atom. The first-order chi connectivity index (χ1) is 15.5. The smallest absolute Gasteiger partial charge is 0.383 e. The van der Waals surface area contributed by atoms with Crippen LogP contribution in [0.4, 0.5) is 24.7 Å². The Morgan fingerprint density at radius 2 is 1.85 bits per heavy atom. The van der Waals surface area contributed by atoms with Gasteiger partial charge in [-0.15, -0.1) is 0 Å². The molecule has 0 aliphatic carbocycles. The molecular formula is C20H31F3N6O4. The summed E-state index contributed by atoms with van der Waals surface area (Å²) in [5.41, 5.74) is 4.63. The molecule has 4 N–H and O–H groups in total. The third kappa shape index (κ3) is 7.07. The molecule has 0 spiro atoms. The van der Waals surface area contributed by atoms with E-state index in [1.165, 1.54) is 9.47 Å². The van der Waals surface area contributed by atoms with Gasteiger partial charge < -0.3 is 16.0 Å². The fourth-order valence-corrected chi connectivity index (χ4v) is 3.80. The summed E-state index contributed by atoms with van der Waals surface area (Å²) in [6.07, 6.45) is -2.37. The van der Waals surface area contributed by atoms with E-state index < -0.39 is 41.7 Å². The first-order valence-electron chi connectivity index (χ1n) is 11.0. The predicted octanol–water partition coefficient (Wildman–Crippen LogP) is 0.662. The van der Waals surface area contributed by atoms with Crippen molar-refractivity contribution >= 4 is 23.3 Å². The highest BCUT2D eigenvalue weighted by Gasteiger charge is 2.32. The number of H-pyrrole nitrogens is 1. The average Bonchev–Trinajstić information content (AvgIpc) is 2.74. The molecule has 1 aromatic heterocycles. The number of nitrogens with two attached hydrogens (primary N) is 1. The van der Waals surface area contributed by atoms with Gasteiger partial charge >= 0.3 is 11.9 Å². The van der Waals surface area contributed by atoms with Crippen molar-refractivity contribution in [2.24, 2.45) is 5.92 Å². The Bertz CT molecular complexity index is 951. The number of piperidine rings is 1. The molecule has 10 nitrogen and oxygen atoms in total. The van der Waals surface area contributed by atoms with Crippen LogP contribution in [0.1, 0.15) is 39.5 Å². The predicted molar refractivity (Wildman–Crippen MR) is 117 cm³/mol. The number of nitrogen functional groups attached to an aromatic ring is 1. The minimum Gasteiger partial charge on any atom is -0.383 e. The second-order valence-electron chi connectivity index (χ2n) is 8.02. The van der Waals surface area contributed by atoms with Crippen molar-refractivity contribution in [3.8, 4) is 0 Å². The minimum atomic E-state index is -4.47. The number of nitrogens with zero attached hydrogens (tertiary/aromatic N) is 3. The van der Waals surface area contributed by atoms with Gasteiger partial charge in [-0.05, 0) is 39.3 Å². The average molecular weight is 477 g/mol. The van der Waals surface area contributed by atoms with E-state index in [4.69, 9.17) is 5.73 Å².